The maximum absolute atomic E-state index is 10.3. The van der Waals surface area contributed by atoms with Crippen LogP contribution in [0.5, 0.6) is 0 Å². The highest BCUT2D eigenvalue weighted by Crippen LogP contribution is 2.21. The molecule has 3 N–H and O–H groups in total. The SMILES string of the molecule is CC[N+](CCS(=O)(=O)O)=S(=O)=O.Nc1cc(Cl)ccc1Cl. The molecule has 0 aliphatic rings. The quantitative estimate of drug-likeness (QED) is 0.466. The molecule has 0 heterocycles. The van der Waals surface area contributed by atoms with Crippen LogP contribution in [0.15, 0.2) is 18.2 Å². The van der Waals surface area contributed by atoms with Gasteiger partial charge in [0, 0.05) is 5.02 Å². The van der Waals surface area contributed by atoms with Crippen molar-refractivity contribution in [2.24, 2.45) is 0 Å². The summed E-state index contributed by atoms with van der Waals surface area (Å²) in [7, 11) is -6.51. The Bertz CT molecular complexity index is 709. The first-order valence-corrected chi connectivity index (χ1v) is 8.96. The van der Waals surface area contributed by atoms with E-state index in [-0.39, 0.29) is 13.1 Å². The maximum Gasteiger partial charge on any atom is 0.458 e. The molecule has 0 unspecified atom stereocenters. The van der Waals surface area contributed by atoms with Crippen LogP contribution in [0.1, 0.15) is 6.92 Å². The second kappa shape index (κ2) is 9.21. The molecule has 11 heteroatoms. The maximum atomic E-state index is 10.3. The number of benzene rings is 1. The Hall–Kier alpha value is -0.870. The number of hydrogen-bond acceptors (Lipinski definition) is 5. The number of nitrogens with zero attached hydrogens (tertiary/aromatic N) is 1. The number of anilines is 1. The van der Waals surface area contributed by atoms with Crippen molar-refractivity contribution in [2.75, 3.05) is 24.6 Å². The van der Waals surface area contributed by atoms with Crippen LogP contribution >= 0.6 is 23.2 Å². The summed E-state index contributed by atoms with van der Waals surface area (Å²) in [4.78, 5) is 0. The number of rotatable bonds is 4. The number of nitrogens with two attached hydrogens (primary N) is 1. The van der Waals surface area contributed by atoms with Crippen LogP contribution in [0.25, 0.3) is 0 Å². The van der Waals surface area contributed by atoms with E-state index in [1.165, 1.54) is 0 Å². The minimum atomic E-state index is -4.08. The Morgan fingerprint density at radius 1 is 1.33 bits per heavy atom. The lowest BCUT2D eigenvalue weighted by atomic mass is 10.3. The van der Waals surface area contributed by atoms with Crippen LogP contribution in [0.3, 0.4) is 0 Å². The van der Waals surface area contributed by atoms with Crippen molar-refractivity contribution in [1.82, 2.24) is 0 Å². The van der Waals surface area contributed by atoms with Crippen LogP contribution in [-0.2, 0) is 20.6 Å². The molecule has 120 valence electrons. The monoisotopic (exact) mass is 377 g/mol. The van der Waals surface area contributed by atoms with E-state index in [2.05, 4.69) is 0 Å². The number of halogens is 2. The van der Waals surface area contributed by atoms with Gasteiger partial charge in [0.1, 0.15) is 5.75 Å². The first kappa shape index (κ1) is 20.1. The molecule has 0 radical (unpaired) electrons. The standard InChI is InChI=1S/C6H5Cl2N.C4H9NO5S2/c7-4-1-2-5(8)6(9)3-4;1-2-5(11(6)7)3-4-12(8,9)10/h1-3H,9H2;2-4H2,1H3/p+1. The van der Waals surface area contributed by atoms with Crippen molar-refractivity contribution >= 4 is 49.5 Å². The molecule has 0 saturated carbocycles. The third-order valence-electron chi connectivity index (χ3n) is 2.12. The van der Waals surface area contributed by atoms with Gasteiger partial charge in [0.25, 0.3) is 10.1 Å². The summed E-state index contributed by atoms with van der Waals surface area (Å²) >= 11 is 11.2. The second-order valence-corrected chi connectivity index (χ2v) is 7.06. The van der Waals surface area contributed by atoms with E-state index < -0.39 is 26.4 Å². The smallest absolute Gasteiger partial charge is 0.397 e. The summed E-state index contributed by atoms with van der Waals surface area (Å²) in [5.41, 5.74) is 5.92. The summed E-state index contributed by atoms with van der Waals surface area (Å²) in [6.07, 6.45) is 0. The van der Waals surface area contributed by atoms with Crippen LogP contribution in [0.2, 0.25) is 10.0 Å². The number of nitrogen functional groups attached to an aromatic ring is 1. The highest BCUT2D eigenvalue weighted by molar-refractivity contribution is 7.85. The Kier molecular flexibility index (Phi) is 8.83. The van der Waals surface area contributed by atoms with Crippen molar-refractivity contribution in [3.63, 3.8) is 0 Å². The van der Waals surface area contributed by atoms with Gasteiger partial charge < -0.3 is 5.73 Å². The van der Waals surface area contributed by atoms with Gasteiger partial charge in [-0.3, -0.25) is 4.55 Å². The van der Waals surface area contributed by atoms with E-state index in [9.17, 15) is 16.8 Å². The van der Waals surface area contributed by atoms with E-state index in [0.29, 0.717) is 15.7 Å². The zero-order chi connectivity index (χ0) is 16.6. The van der Waals surface area contributed by atoms with E-state index in [0.717, 1.165) is 3.95 Å². The van der Waals surface area contributed by atoms with Crippen molar-refractivity contribution in [3.8, 4) is 0 Å². The zero-order valence-electron chi connectivity index (χ0n) is 11.0. The van der Waals surface area contributed by atoms with E-state index in [4.69, 9.17) is 33.5 Å². The van der Waals surface area contributed by atoms with Crippen molar-refractivity contribution in [1.29, 1.82) is 0 Å². The molecule has 21 heavy (non-hydrogen) atoms. The Morgan fingerprint density at radius 3 is 2.24 bits per heavy atom. The van der Waals surface area contributed by atoms with Gasteiger partial charge in [-0.1, -0.05) is 23.2 Å². The first-order valence-electron chi connectivity index (χ1n) is 5.56. The van der Waals surface area contributed by atoms with Gasteiger partial charge in [-0.25, -0.2) is 0 Å². The Balaban J connectivity index is 0.000000394. The fraction of sp³-hybridized carbons (Fsp3) is 0.400. The molecule has 1 aromatic carbocycles. The lowest BCUT2D eigenvalue weighted by Gasteiger charge is -1.95. The highest BCUT2D eigenvalue weighted by atomic mass is 35.5. The first-order chi connectivity index (χ1) is 9.56. The summed E-state index contributed by atoms with van der Waals surface area (Å²) < 4.78 is 50.2. The van der Waals surface area contributed by atoms with Gasteiger partial charge in [-0.15, -0.1) is 12.4 Å². The molecule has 0 aliphatic carbocycles. The molecular formula is C10H15Cl2N2O5S2+. The topological polar surface area (TPSA) is 118 Å². The van der Waals surface area contributed by atoms with E-state index >= 15 is 0 Å². The van der Waals surface area contributed by atoms with Gasteiger partial charge in [0.2, 0.25) is 0 Å². The van der Waals surface area contributed by atoms with Crippen LogP contribution in [0, 0.1) is 0 Å². The van der Waals surface area contributed by atoms with Gasteiger partial charge in [-0.2, -0.15) is 8.42 Å². The van der Waals surface area contributed by atoms with E-state index in [1.54, 1.807) is 25.1 Å². The molecule has 0 saturated heterocycles. The summed E-state index contributed by atoms with van der Waals surface area (Å²) in [6, 6.07) is 4.98. The average Bonchev–Trinajstić information content (AvgIpc) is 2.34. The highest BCUT2D eigenvalue weighted by Gasteiger charge is 2.11. The fourth-order valence-corrected chi connectivity index (χ4v) is 2.39. The van der Waals surface area contributed by atoms with E-state index in [1.807, 2.05) is 0 Å². The third-order valence-corrected chi connectivity index (χ3v) is 4.26. The average molecular weight is 378 g/mol. The Labute approximate surface area is 134 Å². The van der Waals surface area contributed by atoms with Gasteiger partial charge in [0.15, 0.2) is 13.1 Å². The predicted molar refractivity (Wildman–Crippen MR) is 81.9 cm³/mol. The molecule has 0 spiro atoms. The van der Waals surface area contributed by atoms with Gasteiger partial charge in [0.05, 0.1) is 10.7 Å². The molecule has 7 nitrogen and oxygen atoms in total. The fourth-order valence-electron chi connectivity index (χ4n) is 1.07. The third kappa shape index (κ3) is 9.64. The van der Waals surface area contributed by atoms with Crippen molar-refractivity contribution in [3.05, 3.63) is 28.2 Å². The molecular weight excluding hydrogens is 363 g/mol. The minimum absolute atomic E-state index is 0.186. The van der Waals surface area contributed by atoms with Gasteiger partial charge >= 0.3 is 10.5 Å². The van der Waals surface area contributed by atoms with Crippen LogP contribution < -0.4 is 5.73 Å². The predicted octanol–water partition coefficient (Wildman–Crippen LogP) is 1.54. The van der Waals surface area contributed by atoms with Crippen LogP contribution in [0.4, 0.5) is 5.69 Å². The summed E-state index contributed by atoms with van der Waals surface area (Å²) in [5, 5.41) is 1.15. The molecule has 0 bridgehead atoms. The molecule has 0 amide bonds. The minimum Gasteiger partial charge on any atom is -0.397 e. The number of hydrogen-bond donors (Lipinski definition) is 2. The lowest BCUT2D eigenvalue weighted by Crippen LogP contribution is -2.20. The molecule has 0 atom stereocenters. The normalized spacial score (nSPS) is 10.5. The molecule has 0 aliphatic heterocycles. The summed E-state index contributed by atoms with van der Waals surface area (Å²) in [5.74, 6) is -0.575. The van der Waals surface area contributed by atoms with Crippen molar-refractivity contribution in [2.45, 2.75) is 6.92 Å². The van der Waals surface area contributed by atoms with Gasteiger partial charge in [-0.05, 0) is 25.1 Å². The Morgan fingerprint density at radius 2 is 1.90 bits per heavy atom. The molecule has 0 fully saturated rings. The zero-order valence-corrected chi connectivity index (χ0v) is 14.2. The van der Waals surface area contributed by atoms with Crippen LogP contribution in [-0.4, -0.2) is 44.2 Å². The van der Waals surface area contributed by atoms with Crippen molar-refractivity contribution < 1.29 is 25.3 Å². The summed E-state index contributed by atoms with van der Waals surface area (Å²) in [6.45, 7) is 1.54. The lowest BCUT2D eigenvalue weighted by molar-refractivity contribution is -0.495. The molecule has 1 aromatic rings. The second-order valence-electron chi connectivity index (χ2n) is 3.69. The molecule has 0 aromatic heterocycles. The largest absolute Gasteiger partial charge is 0.458 e. The molecule has 1 rings (SSSR count).